The van der Waals surface area contributed by atoms with Crippen molar-refractivity contribution in [2.24, 2.45) is 10.9 Å². The molecule has 0 aliphatic carbocycles. The SMILES string of the molecule is COC(=O)[C@@]1(CO)N=C(c2ccccc2)O[C@H]1C(C)C. The Morgan fingerprint density at radius 3 is 2.60 bits per heavy atom. The van der Waals surface area contributed by atoms with Gasteiger partial charge < -0.3 is 14.6 Å². The standard InChI is InChI=1S/C15H19NO4/c1-10(2)12-15(9-17,14(18)19-3)16-13(20-12)11-7-5-4-6-8-11/h4-8,10,12,17H,9H2,1-3H3/t12-,15-/m0/s1. The molecule has 0 saturated carbocycles. The van der Waals surface area contributed by atoms with E-state index in [0.717, 1.165) is 5.56 Å². The van der Waals surface area contributed by atoms with Gasteiger partial charge in [0.25, 0.3) is 0 Å². The molecule has 0 fully saturated rings. The van der Waals surface area contributed by atoms with Crippen LogP contribution in [0.2, 0.25) is 0 Å². The first kappa shape index (κ1) is 14.5. The monoisotopic (exact) mass is 277 g/mol. The molecule has 0 spiro atoms. The predicted molar refractivity (Wildman–Crippen MR) is 74.5 cm³/mol. The Labute approximate surface area is 118 Å². The van der Waals surface area contributed by atoms with E-state index < -0.39 is 24.2 Å². The summed E-state index contributed by atoms with van der Waals surface area (Å²) in [7, 11) is 1.28. The molecular weight excluding hydrogens is 258 g/mol. The number of carbonyl (C=O) groups excluding carboxylic acids is 1. The number of aliphatic imine (C=N–C) groups is 1. The largest absolute Gasteiger partial charge is 0.471 e. The molecule has 0 unspecified atom stereocenters. The second kappa shape index (κ2) is 5.63. The van der Waals surface area contributed by atoms with Gasteiger partial charge in [0.05, 0.1) is 13.7 Å². The normalized spacial score (nSPS) is 25.2. The van der Waals surface area contributed by atoms with Gasteiger partial charge in [-0.2, -0.15) is 0 Å². The summed E-state index contributed by atoms with van der Waals surface area (Å²) in [6.07, 6.45) is -0.546. The first-order chi connectivity index (χ1) is 9.55. The molecule has 0 radical (unpaired) electrons. The number of hydrogen-bond acceptors (Lipinski definition) is 5. The summed E-state index contributed by atoms with van der Waals surface area (Å²) in [5.74, 6) is -0.209. The summed E-state index contributed by atoms with van der Waals surface area (Å²) in [6, 6.07) is 9.31. The molecule has 1 aliphatic rings. The number of carbonyl (C=O) groups is 1. The minimum Gasteiger partial charge on any atom is -0.471 e. The molecular formula is C15H19NO4. The van der Waals surface area contributed by atoms with Crippen LogP contribution in [-0.2, 0) is 14.3 Å². The van der Waals surface area contributed by atoms with Gasteiger partial charge in [0.15, 0.2) is 0 Å². The highest BCUT2D eigenvalue weighted by atomic mass is 16.5. The molecule has 0 amide bonds. The summed E-state index contributed by atoms with van der Waals surface area (Å²) in [4.78, 5) is 16.4. The van der Waals surface area contributed by atoms with Crippen molar-refractivity contribution in [2.75, 3.05) is 13.7 Å². The molecule has 1 aliphatic heterocycles. The molecule has 0 aromatic heterocycles. The van der Waals surface area contributed by atoms with E-state index in [-0.39, 0.29) is 5.92 Å². The maximum atomic E-state index is 12.1. The lowest BCUT2D eigenvalue weighted by molar-refractivity contribution is -0.152. The topological polar surface area (TPSA) is 68.1 Å². The van der Waals surface area contributed by atoms with Crippen molar-refractivity contribution in [3.63, 3.8) is 0 Å². The van der Waals surface area contributed by atoms with Gasteiger partial charge in [0.1, 0.15) is 6.10 Å². The van der Waals surface area contributed by atoms with E-state index >= 15 is 0 Å². The number of ether oxygens (including phenoxy) is 2. The average Bonchev–Trinajstić information content (AvgIpc) is 2.88. The molecule has 2 rings (SSSR count). The Balaban J connectivity index is 2.46. The fourth-order valence-corrected chi connectivity index (χ4v) is 2.42. The first-order valence-corrected chi connectivity index (χ1v) is 6.56. The minimum atomic E-state index is -1.38. The molecule has 0 saturated heterocycles. The summed E-state index contributed by atoms with van der Waals surface area (Å²) < 4.78 is 10.6. The smallest absolute Gasteiger partial charge is 0.340 e. The number of aliphatic hydroxyl groups excluding tert-OH is 1. The lowest BCUT2D eigenvalue weighted by atomic mass is 9.87. The van der Waals surface area contributed by atoms with Crippen LogP contribution in [-0.4, -0.2) is 42.3 Å². The van der Waals surface area contributed by atoms with Crippen LogP contribution in [0.1, 0.15) is 19.4 Å². The maximum absolute atomic E-state index is 12.1. The van der Waals surface area contributed by atoms with Crippen LogP contribution in [0.15, 0.2) is 35.3 Å². The lowest BCUT2D eigenvalue weighted by Gasteiger charge is -2.29. The Kier molecular flexibility index (Phi) is 4.09. The summed E-state index contributed by atoms with van der Waals surface area (Å²) in [5.41, 5.74) is -0.606. The van der Waals surface area contributed by atoms with Crippen molar-refractivity contribution in [3.8, 4) is 0 Å². The fraction of sp³-hybridized carbons (Fsp3) is 0.467. The third-order valence-electron chi connectivity index (χ3n) is 3.42. The van der Waals surface area contributed by atoms with Crippen LogP contribution in [0.4, 0.5) is 0 Å². The number of aliphatic hydroxyl groups is 1. The number of hydrogen-bond donors (Lipinski definition) is 1. The average molecular weight is 277 g/mol. The molecule has 1 aromatic rings. The number of methoxy groups -OCH3 is 1. The van der Waals surface area contributed by atoms with Crippen LogP contribution >= 0.6 is 0 Å². The van der Waals surface area contributed by atoms with E-state index in [9.17, 15) is 9.90 Å². The van der Waals surface area contributed by atoms with Crippen LogP contribution in [0, 0.1) is 5.92 Å². The van der Waals surface area contributed by atoms with Gasteiger partial charge in [-0.25, -0.2) is 9.79 Å². The highest BCUT2D eigenvalue weighted by Gasteiger charge is 2.54. The van der Waals surface area contributed by atoms with Gasteiger partial charge in [0, 0.05) is 5.56 Å². The fourth-order valence-electron chi connectivity index (χ4n) is 2.42. The van der Waals surface area contributed by atoms with Crippen molar-refractivity contribution >= 4 is 11.9 Å². The molecule has 20 heavy (non-hydrogen) atoms. The quantitative estimate of drug-likeness (QED) is 0.845. The number of esters is 1. The van der Waals surface area contributed by atoms with Gasteiger partial charge in [-0.1, -0.05) is 32.0 Å². The van der Waals surface area contributed by atoms with E-state index in [2.05, 4.69) is 4.99 Å². The second-order valence-electron chi connectivity index (χ2n) is 5.14. The Morgan fingerprint density at radius 2 is 2.10 bits per heavy atom. The van der Waals surface area contributed by atoms with E-state index in [1.165, 1.54) is 7.11 Å². The summed E-state index contributed by atoms with van der Waals surface area (Å²) in [5, 5.41) is 9.71. The molecule has 5 nitrogen and oxygen atoms in total. The van der Waals surface area contributed by atoms with Crippen LogP contribution in [0.3, 0.4) is 0 Å². The van der Waals surface area contributed by atoms with Crippen molar-refractivity contribution in [1.29, 1.82) is 0 Å². The maximum Gasteiger partial charge on any atom is 0.340 e. The summed E-state index contributed by atoms with van der Waals surface area (Å²) >= 11 is 0. The molecule has 108 valence electrons. The first-order valence-electron chi connectivity index (χ1n) is 6.56. The molecule has 2 atom stereocenters. The molecule has 1 aromatic carbocycles. The van der Waals surface area contributed by atoms with Crippen LogP contribution < -0.4 is 0 Å². The zero-order valence-corrected chi connectivity index (χ0v) is 11.9. The molecule has 1 heterocycles. The zero-order chi connectivity index (χ0) is 14.8. The molecule has 5 heteroatoms. The number of rotatable bonds is 4. The van der Waals surface area contributed by atoms with Crippen LogP contribution in [0.25, 0.3) is 0 Å². The van der Waals surface area contributed by atoms with Crippen molar-refractivity contribution in [1.82, 2.24) is 0 Å². The molecule has 0 bridgehead atoms. The third-order valence-corrected chi connectivity index (χ3v) is 3.42. The minimum absolute atomic E-state index is 0.00575. The second-order valence-corrected chi connectivity index (χ2v) is 5.14. The van der Waals surface area contributed by atoms with E-state index in [1.54, 1.807) is 0 Å². The number of nitrogens with zero attached hydrogens (tertiary/aromatic N) is 1. The van der Waals surface area contributed by atoms with Crippen LogP contribution in [0.5, 0.6) is 0 Å². The Hall–Kier alpha value is -1.88. The molecule has 1 N–H and O–H groups in total. The van der Waals surface area contributed by atoms with Crippen molar-refractivity contribution in [3.05, 3.63) is 35.9 Å². The highest BCUT2D eigenvalue weighted by Crippen LogP contribution is 2.33. The zero-order valence-electron chi connectivity index (χ0n) is 11.9. The van der Waals surface area contributed by atoms with Gasteiger partial charge in [-0.15, -0.1) is 0 Å². The Morgan fingerprint density at radius 1 is 1.45 bits per heavy atom. The third kappa shape index (κ3) is 2.29. The Bertz CT molecular complexity index is 512. The van der Waals surface area contributed by atoms with Gasteiger partial charge in [-0.3, -0.25) is 0 Å². The van der Waals surface area contributed by atoms with Gasteiger partial charge in [-0.05, 0) is 18.1 Å². The van der Waals surface area contributed by atoms with Gasteiger partial charge >= 0.3 is 5.97 Å². The summed E-state index contributed by atoms with van der Waals surface area (Å²) in [6.45, 7) is 3.39. The van der Waals surface area contributed by atoms with Crippen molar-refractivity contribution < 1.29 is 19.4 Å². The number of benzene rings is 1. The lowest BCUT2D eigenvalue weighted by Crippen LogP contribution is -2.51. The highest BCUT2D eigenvalue weighted by molar-refractivity contribution is 5.99. The van der Waals surface area contributed by atoms with Gasteiger partial charge in [0.2, 0.25) is 11.4 Å². The van der Waals surface area contributed by atoms with E-state index in [1.807, 2.05) is 44.2 Å². The van der Waals surface area contributed by atoms with E-state index in [0.29, 0.717) is 5.90 Å². The van der Waals surface area contributed by atoms with Crippen molar-refractivity contribution in [2.45, 2.75) is 25.5 Å². The van der Waals surface area contributed by atoms with E-state index in [4.69, 9.17) is 9.47 Å². The predicted octanol–water partition coefficient (Wildman–Crippen LogP) is 1.39.